The van der Waals surface area contributed by atoms with E-state index in [9.17, 15) is 9.18 Å². The van der Waals surface area contributed by atoms with E-state index in [1.54, 1.807) is 41.9 Å². The van der Waals surface area contributed by atoms with E-state index in [2.05, 4.69) is 31.2 Å². The van der Waals surface area contributed by atoms with Gasteiger partial charge in [0.1, 0.15) is 22.7 Å². The van der Waals surface area contributed by atoms with Crippen LogP contribution in [-0.2, 0) is 13.5 Å². The fourth-order valence-corrected chi connectivity index (χ4v) is 3.79. The smallest absolute Gasteiger partial charge is 0.261 e. The number of hydrogen-bond acceptors (Lipinski definition) is 4. The Bertz CT molecular complexity index is 1290. The van der Waals surface area contributed by atoms with Gasteiger partial charge in [-0.15, -0.1) is 0 Å². The summed E-state index contributed by atoms with van der Waals surface area (Å²) < 4.78 is 22.6. The van der Waals surface area contributed by atoms with Crippen molar-refractivity contribution in [2.24, 2.45) is 7.05 Å². The van der Waals surface area contributed by atoms with E-state index in [0.29, 0.717) is 39.9 Å². The highest BCUT2D eigenvalue weighted by Gasteiger charge is 2.21. The summed E-state index contributed by atoms with van der Waals surface area (Å²) in [5.41, 5.74) is 2.27. The Labute approximate surface area is 197 Å². The number of amides is 1. The molecule has 0 radical (unpaired) electrons. The van der Waals surface area contributed by atoms with Crippen LogP contribution in [0, 0.1) is 5.82 Å². The summed E-state index contributed by atoms with van der Waals surface area (Å²) in [7, 11) is 1.78. The van der Waals surface area contributed by atoms with Crippen LogP contribution in [0.1, 0.15) is 28.7 Å². The molecule has 0 aliphatic rings. The van der Waals surface area contributed by atoms with E-state index < -0.39 is 5.82 Å². The number of fused-ring (bicyclic) bond motifs is 1. The summed E-state index contributed by atoms with van der Waals surface area (Å²) in [6.07, 6.45) is 0.183. The number of ether oxygens (including phenoxy) is 1. The second-order valence-electron chi connectivity index (χ2n) is 7.04. The second-order valence-corrected chi connectivity index (χ2v) is 8.36. The van der Waals surface area contributed by atoms with Crippen molar-refractivity contribution in [1.82, 2.24) is 14.5 Å². The normalized spacial score (nSPS) is 11.0. The van der Waals surface area contributed by atoms with Crippen LogP contribution < -0.4 is 10.1 Å². The van der Waals surface area contributed by atoms with E-state index in [1.807, 2.05) is 19.1 Å². The summed E-state index contributed by atoms with van der Waals surface area (Å²) in [4.78, 5) is 22.1. The van der Waals surface area contributed by atoms with E-state index in [-0.39, 0.29) is 23.8 Å². The molecule has 2 heterocycles. The van der Waals surface area contributed by atoms with Gasteiger partial charge in [-0.05, 0) is 49.4 Å². The highest BCUT2D eigenvalue weighted by Crippen LogP contribution is 2.27. The van der Waals surface area contributed by atoms with E-state index in [4.69, 9.17) is 16.3 Å². The van der Waals surface area contributed by atoms with Gasteiger partial charge in [0, 0.05) is 34.2 Å². The number of anilines is 1. The van der Waals surface area contributed by atoms with Gasteiger partial charge in [0.2, 0.25) is 5.88 Å². The van der Waals surface area contributed by atoms with E-state index in [0.717, 1.165) is 4.47 Å². The first-order valence-corrected chi connectivity index (χ1v) is 11.0. The van der Waals surface area contributed by atoms with Crippen LogP contribution in [-0.4, -0.2) is 27.0 Å². The molecule has 9 heteroatoms. The number of halogens is 3. The van der Waals surface area contributed by atoms with Gasteiger partial charge >= 0.3 is 0 Å². The molecule has 0 aliphatic heterocycles. The average Bonchev–Trinajstić information content (AvgIpc) is 3.07. The first kappa shape index (κ1) is 22.2. The first-order chi connectivity index (χ1) is 15.4. The molecule has 164 valence electrons. The van der Waals surface area contributed by atoms with Gasteiger partial charge in [0.25, 0.3) is 5.91 Å². The Morgan fingerprint density at radius 1 is 1.22 bits per heavy atom. The van der Waals surface area contributed by atoms with Crippen molar-refractivity contribution in [2.45, 2.75) is 13.3 Å². The summed E-state index contributed by atoms with van der Waals surface area (Å²) in [5.74, 6) is -0.00267. The number of hydrogen-bond donors (Lipinski definition) is 1. The molecule has 4 aromatic rings. The maximum Gasteiger partial charge on any atom is 0.261 e. The zero-order valence-electron chi connectivity index (χ0n) is 17.3. The van der Waals surface area contributed by atoms with Crippen molar-refractivity contribution in [3.63, 3.8) is 0 Å². The molecule has 0 atom stereocenters. The number of aryl methyl sites for hydroxylation is 1. The third-order valence-electron chi connectivity index (χ3n) is 4.93. The van der Waals surface area contributed by atoms with Gasteiger partial charge in [0.15, 0.2) is 5.65 Å². The summed E-state index contributed by atoms with van der Waals surface area (Å²) in [6, 6.07) is 13.4. The third-order valence-corrected chi connectivity index (χ3v) is 5.81. The minimum absolute atomic E-state index is 0.183. The molecule has 6 nitrogen and oxygen atoms in total. The Morgan fingerprint density at radius 3 is 2.66 bits per heavy atom. The van der Waals surface area contributed by atoms with Crippen LogP contribution in [0.5, 0.6) is 5.88 Å². The average molecular weight is 518 g/mol. The molecule has 2 aromatic heterocycles. The van der Waals surface area contributed by atoms with Gasteiger partial charge in [-0.2, -0.15) is 4.98 Å². The molecule has 32 heavy (non-hydrogen) atoms. The summed E-state index contributed by atoms with van der Waals surface area (Å²) in [6.45, 7) is 2.16. The molecule has 0 saturated heterocycles. The van der Waals surface area contributed by atoms with Crippen LogP contribution in [0.4, 0.5) is 10.1 Å². The molecule has 1 amide bonds. The van der Waals surface area contributed by atoms with E-state index >= 15 is 0 Å². The molecular weight excluding hydrogens is 499 g/mol. The number of nitrogens with zero attached hydrogens (tertiary/aromatic N) is 3. The number of rotatable bonds is 6. The van der Waals surface area contributed by atoms with Gasteiger partial charge < -0.3 is 14.6 Å². The quantitative estimate of drug-likeness (QED) is 0.353. The van der Waals surface area contributed by atoms with Crippen molar-refractivity contribution in [1.29, 1.82) is 0 Å². The molecule has 0 unspecified atom stereocenters. The summed E-state index contributed by atoms with van der Waals surface area (Å²) >= 11 is 9.55. The van der Waals surface area contributed by atoms with Crippen molar-refractivity contribution < 1.29 is 13.9 Å². The Morgan fingerprint density at radius 2 is 1.97 bits per heavy atom. The fourth-order valence-electron chi connectivity index (χ4n) is 3.30. The van der Waals surface area contributed by atoms with Gasteiger partial charge in [-0.25, -0.2) is 9.37 Å². The minimum Gasteiger partial charge on any atom is -0.477 e. The number of carbonyl (C=O) groups excluding carboxylic acids is 1. The lowest BCUT2D eigenvalue weighted by molar-refractivity contribution is 0.102. The lowest BCUT2D eigenvalue weighted by Crippen LogP contribution is -2.15. The van der Waals surface area contributed by atoms with Crippen molar-refractivity contribution in [3.05, 3.63) is 80.8 Å². The number of benzene rings is 2. The third kappa shape index (κ3) is 4.47. The van der Waals surface area contributed by atoms with Crippen LogP contribution in [0.3, 0.4) is 0 Å². The Balaban J connectivity index is 1.73. The summed E-state index contributed by atoms with van der Waals surface area (Å²) in [5, 5.41) is 3.17. The highest BCUT2D eigenvalue weighted by molar-refractivity contribution is 9.10. The van der Waals surface area contributed by atoms with Gasteiger partial charge in [0.05, 0.1) is 6.61 Å². The number of carbonyl (C=O) groups is 1. The van der Waals surface area contributed by atoms with E-state index in [1.165, 1.54) is 6.07 Å². The van der Waals surface area contributed by atoms with Crippen LogP contribution in [0.15, 0.2) is 53.0 Å². The molecule has 1 N–H and O–H groups in total. The lowest BCUT2D eigenvalue weighted by atomic mass is 10.1. The van der Waals surface area contributed by atoms with Crippen LogP contribution in [0.2, 0.25) is 5.02 Å². The second kappa shape index (κ2) is 9.26. The molecule has 0 spiro atoms. The minimum atomic E-state index is -0.401. The Kier molecular flexibility index (Phi) is 6.43. The Hall–Kier alpha value is -2.97. The largest absolute Gasteiger partial charge is 0.477 e. The zero-order valence-corrected chi connectivity index (χ0v) is 19.7. The van der Waals surface area contributed by atoms with Crippen molar-refractivity contribution >= 4 is 50.3 Å². The van der Waals surface area contributed by atoms with Gasteiger partial charge in [-0.1, -0.05) is 33.6 Å². The number of pyridine rings is 1. The zero-order chi connectivity index (χ0) is 22.8. The number of nitrogens with one attached hydrogen (secondary N) is 1. The molecule has 0 saturated carbocycles. The SMILES string of the molecule is CCOc1nc2c(cc1C(=O)Nc1ccc(Br)cc1)nc(Cc1c(F)cccc1Cl)n2C. The topological polar surface area (TPSA) is 69.0 Å². The standard InChI is InChI=1S/C23H19BrClFN4O2/c1-3-32-23-16(22(31)27-14-9-7-13(24)8-10-14)11-19-21(29-23)30(2)20(28-19)12-15-17(25)5-4-6-18(15)26/h4-11H,3,12H2,1-2H3,(H,27,31). The molecule has 2 aromatic carbocycles. The maximum atomic E-state index is 14.3. The number of imidazole rings is 1. The fraction of sp³-hybridized carbons (Fsp3) is 0.174. The lowest BCUT2D eigenvalue weighted by Gasteiger charge is -2.10. The maximum absolute atomic E-state index is 14.3. The number of aromatic nitrogens is 3. The van der Waals surface area contributed by atoms with Crippen LogP contribution in [0.25, 0.3) is 11.2 Å². The first-order valence-electron chi connectivity index (χ1n) is 9.86. The predicted molar refractivity (Wildman–Crippen MR) is 126 cm³/mol. The molecular formula is C23H19BrClFN4O2. The van der Waals surface area contributed by atoms with Crippen LogP contribution >= 0.6 is 27.5 Å². The monoisotopic (exact) mass is 516 g/mol. The molecule has 0 bridgehead atoms. The molecule has 4 rings (SSSR count). The van der Waals surface area contributed by atoms with Crippen molar-refractivity contribution in [2.75, 3.05) is 11.9 Å². The van der Waals surface area contributed by atoms with Crippen molar-refractivity contribution in [3.8, 4) is 5.88 Å². The predicted octanol–water partition coefficient (Wildman–Crippen LogP) is 5.77. The molecule has 0 fully saturated rings. The van der Waals surface area contributed by atoms with Gasteiger partial charge in [-0.3, -0.25) is 4.79 Å². The molecule has 0 aliphatic carbocycles. The highest BCUT2D eigenvalue weighted by atomic mass is 79.9.